The van der Waals surface area contributed by atoms with E-state index >= 15 is 0 Å². The van der Waals surface area contributed by atoms with Crippen LogP contribution in [-0.4, -0.2) is 62.5 Å². The maximum absolute atomic E-state index is 10.9. The number of rotatable bonds is 8. The molecule has 4 rings (SSSR count). The summed E-state index contributed by atoms with van der Waals surface area (Å²) in [5.41, 5.74) is 2.65. The molecule has 1 aromatic heterocycles. The summed E-state index contributed by atoms with van der Waals surface area (Å²) < 4.78 is 12.8. The molecule has 1 amide bonds. The first-order valence-corrected chi connectivity index (χ1v) is 11.7. The fourth-order valence-corrected chi connectivity index (χ4v) is 5.01. The molecule has 0 radical (unpaired) electrons. The molecule has 170 valence electrons. The minimum Gasteiger partial charge on any atom is -0.493 e. The lowest BCUT2D eigenvalue weighted by Gasteiger charge is -2.36. The van der Waals surface area contributed by atoms with Crippen LogP contribution in [0.1, 0.15) is 12.0 Å². The van der Waals surface area contributed by atoms with Crippen LogP contribution in [0.15, 0.2) is 41.8 Å². The normalized spacial score (nSPS) is 14.5. The second-order valence-corrected chi connectivity index (χ2v) is 8.84. The van der Waals surface area contributed by atoms with E-state index in [1.54, 1.807) is 30.6 Å². The van der Waals surface area contributed by atoms with Crippen LogP contribution >= 0.6 is 11.3 Å². The van der Waals surface area contributed by atoms with Crippen LogP contribution in [-0.2, 0) is 0 Å². The van der Waals surface area contributed by atoms with E-state index in [0.29, 0.717) is 23.8 Å². The van der Waals surface area contributed by atoms with Crippen LogP contribution in [0.4, 0.5) is 16.2 Å². The molecule has 2 aromatic carbocycles. The summed E-state index contributed by atoms with van der Waals surface area (Å²) in [5, 5.41) is 14.8. The minimum atomic E-state index is -1.10. The van der Waals surface area contributed by atoms with Crippen molar-refractivity contribution < 1.29 is 19.4 Å². The van der Waals surface area contributed by atoms with Gasteiger partial charge in [0.1, 0.15) is 0 Å². The van der Waals surface area contributed by atoms with E-state index in [2.05, 4.69) is 44.8 Å². The number of ether oxygens (including phenoxy) is 2. The molecule has 0 spiro atoms. The highest BCUT2D eigenvalue weighted by Gasteiger charge is 2.19. The van der Waals surface area contributed by atoms with E-state index in [4.69, 9.17) is 14.6 Å². The summed E-state index contributed by atoms with van der Waals surface area (Å²) in [6.07, 6.45) is -0.190. The molecule has 1 fully saturated rings. The van der Waals surface area contributed by atoms with Crippen molar-refractivity contribution in [1.82, 2.24) is 4.90 Å². The molecule has 8 heteroatoms. The second kappa shape index (κ2) is 10.1. The number of nitrogens with zero attached hydrogens (tertiary/aromatic N) is 2. The van der Waals surface area contributed by atoms with E-state index in [0.717, 1.165) is 44.7 Å². The first-order valence-electron chi connectivity index (χ1n) is 10.8. The Morgan fingerprint density at radius 1 is 1.19 bits per heavy atom. The van der Waals surface area contributed by atoms with E-state index < -0.39 is 6.09 Å². The highest BCUT2D eigenvalue weighted by atomic mass is 32.1. The summed E-state index contributed by atoms with van der Waals surface area (Å²) in [6.45, 7) is 7.59. The molecule has 1 aliphatic heterocycles. The van der Waals surface area contributed by atoms with Gasteiger partial charge in [-0.3, -0.25) is 10.2 Å². The number of methoxy groups -OCH3 is 1. The van der Waals surface area contributed by atoms with E-state index in [1.807, 2.05) is 6.92 Å². The van der Waals surface area contributed by atoms with Crippen LogP contribution in [0.25, 0.3) is 10.1 Å². The monoisotopic (exact) mass is 455 g/mol. The number of carbonyl (C=O) groups is 1. The number of hydrogen-bond acceptors (Lipinski definition) is 6. The zero-order valence-electron chi connectivity index (χ0n) is 18.5. The highest BCUT2D eigenvalue weighted by Crippen LogP contribution is 2.34. The SMILES string of the molecule is COc1cc(NC(=O)O)cc(C)c1OCCCN1CCN(c2cccc3sccc23)CC1. The van der Waals surface area contributed by atoms with Gasteiger partial charge in [0.25, 0.3) is 0 Å². The van der Waals surface area contributed by atoms with Gasteiger partial charge in [0.15, 0.2) is 11.5 Å². The maximum Gasteiger partial charge on any atom is 0.409 e. The van der Waals surface area contributed by atoms with E-state index in [9.17, 15) is 4.79 Å². The molecule has 0 bridgehead atoms. The molecule has 0 aliphatic carbocycles. The zero-order chi connectivity index (χ0) is 22.5. The Kier molecular flexibility index (Phi) is 7.02. The summed E-state index contributed by atoms with van der Waals surface area (Å²) in [6, 6.07) is 12.2. The summed E-state index contributed by atoms with van der Waals surface area (Å²) in [7, 11) is 1.56. The van der Waals surface area contributed by atoms with Gasteiger partial charge in [0, 0.05) is 60.3 Å². The quantitative estimate of drug-likeness (QED) is 0.471. The Hall–Kier alpha value is -2.97. The number of nitrogens with one attached hydrogen (secondary N) is 1. The van der Waals surface area contributed by atoms with Crippen molar-refractivity contribution in [3.05, 3.63) is 47.3 Å². The second-order valence-electron chi connectivity index (χ2n) is 7.89. The predicted octanol–water partition coefficient (Wildman–Crippen LogP) is 4.90. The fourth-order valence-electron chi connectivity index (χ4n) is 4.20. The van der Waals surface area contributed by atoms with Gasteiger partial charge < -0.3 is 19.5 Å². The fraction of sp³-hybridized carbons (Fsp3) is 0.375. The summed E-state index contributed by atoms with van der Waals surface area (Å²) in [5.74, 6) is 1.20. The average molecular weight is 456 g/mol. The van der Waals surface area contributed by atoms with Crippen molar-refractivity contribution in [2.75, 3.05) is 56.7 Å². The van der Waals surface area contributed by atoms with Crippen LogP contribution in [0.3, 0.4) is 0 Å². The largest absolute Gasteiger partial charge is 0.493 e. The van der Waals surface area contributed by atoms with E-state index in [1.165, 1.54) is 15.8 Å². The van der Waals surface area contributed by atoms with Gasteiger partial charge in [-0.15, -0.1) is 11.3 Å². The molecule has 0 atom stereocenters. The average Bonchev–Trinajstić information content (AvgIpc) is 3.26. The summed E-state index contributed by atoms with van der Waals surface area (Å²) >= 11 is 1.80. The van der Waals surface area contributed by atoms with Gasteiger partial charge in [0.2, 0.25) is 0 Å². The molecule has 1 aliphatic rings. The Morgan fingerprint density at radius 2 is 2.00 bits per heavy atom. The number of hydrogen-bond donors (Lipinski definition) is 2. The molecule has 0 saturated carbocycles. The highest BCUT2D eigenvalue weighted by molar-refractivity contribution is 7.17. The van der Waals surface area contributed by atoms with Crippen molar-refractivity contribution in [1.29, 1.82) is 0 Å². The first kappa shape index (κ1) is 22.2. The lowest BCUT2D eigenvalue weighted by Crippen LogP contribution is -2.46. The third kappa shape index (κ3) is 5.08. The molecular formula is C24H29N3O4S. The van der Waals surface area contributed by atoms with Gasteiger partial charge in [0.05, 0.1) is 13.7 Å². The first-order chi connectivity index (χ1) is 15.5. The molecular weight excluding hydrogens is 426 g/mol. The number of anilines is 2. The topological polar surface area (TPSA) is 74.3 Å². The molecule has 1 saturated heterocycles. The Morgan fingerprint density at radius 3 is 2.75 bits per heavy atom. The number of fused-ring (bicyclic) bond motifs is 1. The molecule has 7 nitrogen and oxygen atoms in total. The standard InChI is InChI=1S/C24H29N3O4S/c1-17-15-18(25-24(28)29)16-21(30-2)23(17)31-13-4-8-26-9-11-27(12-10-26)20-5-3-6-22-19(20)7-14-32-22/h3,5-7,14-16,25H,4,8-13H2,1-2H3,(H,28,29). The number of amides is 1. The smallest absolute Gasteiger partial charge is 0.409 e. The Balaban J connectivity index is 1.26. The lowest BCUT2D eigenvalue weighted by molar-refractivity contribution is 0.209. The lowest BCUT2D eigenvalue weighted by atomic mass is 10.1. The molecule has 3 aromatic rings. The predicted molar refractivity (Wildman–Crippen MR) is 130 cm³/mol. The molecule has 0 unspecified atom stereocenters. The maximum atomic E-state index is 10.9. The third-order valence-electron chi connectivity index (χ3n) is 5.76. The van der Waals surface area contributed by atoms with Crippen LogP contribution in [0.5, 0.6) is 11.5 Å². The molecule has 32 heavy (non-hydrogen) atoms. The Labute approximate surface area is 192 Å². The van der Waals surface area contributed by atoms with Gasteiger partial charge >= 0.3 is 6.09 Å². The zero-order valence-corrected chi connectivity index (χ0v) is 19.3. The van der Waals surface area contributed by atoms with Gasteiger partial charge in [-0.05, 0) is 48.6 Å². The van der Waals surface area contributed by atoms with Crippen molar-refractivity contribution in [3.63, 3.8) is 0 Å². The van der Waals surface area contributed by atoms with Crippen LogP contribution in [0.2, 0.25) is 0 Å². The van der Waals surface area contributed by atoms with Crippen molar-refractivity contribution >= 4 is 38.9 Å². The number of aryl methyl sites for hydroxylation is 1. The molecule has 2 N–H and O–H groups in total. The Bertz CT molecular complexity index is 1080. The van der Waals surface area contributed by atoms with Gasteiger partial charge in [-0.1, -0.05) is 6.07 Å². The minimum absolute atomic E-state index is 0.468. The van der Waals surface area contributed by atoms with Gasteiger partial charge in [-0.25, -0.2) is 4.79 Å². The summed E-state index contributed by atoms with van der Waals surface area (Å²) in [4.78, 5) is 15.9. The van der Waals surface area contributed by atoms with Crippen LogP contribution in [0, 0.1) is 6.92 Å². The van der Waals surface area contributed by atoms with E-state index in [-0.39, 0.29) is 0 Å². The van der Waals surface area contributed by atoms with Crippen molar-refractivity contribution in [2.45, 2.75) is 13.3 Å². The third-order valence-corrected chi connectivity index (χ3v) is 6.64. The number of benzene rings is 2. The van der Waals surface area contributed by atoms with Crippen molar-refractivity contribution in [3.8, 4) is 11.5 Å². The number of piperazine rings is 1. The number of thiophene rings is 1. The number of carboxylic acid groups (broad SMARTS) is 1. The van der Waals surface area contributed by atoms with Crippen LogP contribution < -0.4 is 19.7 Å². The molecule has 2 heterocycles. The van der Waals surface area contributed by atoms with Crippen molar-refractivity contribution in [2.24, 2.45) is 0 Å². The van der Waals surface area contributed by atoms with Gasteiger partial charge in [-0.2, -0.15) is 0 Å².